The Labute approximate surface area is 127 Å². The van der Waals surface area contributed by atoms with Gasteiger partial charge in [0.15, 0.2) is 5.65 Å². The van der Waals surface area contributed by atoms with Gasteiger partial charge >= 0.3 is 0 Å². The van der Waals surface area contributed by atoms with Crippen molar-refractivity contribution in [2.75, 3.05) is 0 Å². The number of hydrogen-bond acceptors (Lipinski definition) is 6. The molecule has 4 aromatic rings. The highest BCUT2D eigenvalue weighted by Crippen LogP contribution is 2.26. The summed E-state index contributed by atoms with van der Waals surface area (Å²) in [5, 5.41) is 10.1. The summed E-state index contributed by atoms with van der Waals surface area (Å²) >= 11 is 1.41. The van der Waals surface area contributed by atoms with E-state index in [0.29, 0.717) is 0 Å². The van der Waals surface area contributed by atoms with Crippen LogP contribution in [0, 0.1) is 5.82 Å². The van der Waals surface area contributed by atoms with Crippen LogP contribution in [0.25, 0.3) is 15.9 Å². The molecular formula is C13H7FN4O2S2. The van der Waals surface area contributed by atoms with Crippen molar-refractivity contribution in [3.63, 3.8) is 0 Å². The van der Waals surface area contributed by atoms with Crippen LogP contribution in [-0.4, -0.2) is 28.2 Å². The summed E-state index contributed by atoms with van der Waals surface area (Å²) in [6.45, 7) is 0. The maximum atomic E-state index is 13.0. The first-order chi connectivity index (χ1) is 10.6. The number of thiophene rings is 1. The van der Waals surface area contributed by atoms with Crippen molar-refractivity contribution in [1.29, 1.82) is 0 Å². The van der Waals surface area contributed by atoms with E-state index in [9.17, 15) is 12.8 Å². The van der Waals surface area contributed by atoms with E-state index < -0.39 is 15.7 Å². The largest absolute Gasteiger partial charge is 0.234 e. The fourth-order valence-corrected chi connectivity index (χ4v) is 4.19. The van der Waals surface area contributed by atoms with Gasteiger partial charge in [0.05, 0.1) is 4.90 Å². The number of nitrogens with zero attached hydrogens (tertiary/aromatic N) is 4. The molecule has 3 aromatic heterocycles. The van der Waals surface area contributed by atoms with E-state index in [-0.39, 0.29) is 15.6 Å². The van der Waals surface area contributed by atoms with E-state index >= 15 is 0 Å². The van der Waals surface area contributed by atoms with Gasteiger partial charge in [0.25, 0.3) is 0 Å². The predicted octanol–water partition coefficient (Wildman–Crippen LogP) is 2.31. The summed E-state index contributed by atoms with van der Waals surface area (Å²) in [5.74, 6) is -0.509. The number of aromatic nitrogens is 4. The highest BCUT2D eigenvalue weighted by atomic mass is 32.2. The molecule has 110 valence electrons. The number of fused-ring (bicyclic) bond motifs is 3. The summed E-state index contributed by atoms with van der Waals surface area (Å²) in [5.41, 5.74) is 0.152. The van der Waals surface area contributed by atoms with Crippen LogP contribution in [0.4, 0.5) is 4.39 Å². The van der Waals surface area contributed by atoms with E-state index in [1.807, 2.05) is 11.4 Å². The molecule has 3 heterocycles. The van der Waals surface area contributed by atoms with Crippen LogP contribution in [0.1, 0.15) is 0 Å². The van der Waals surface area contributed by atoms with Crippen molar-refractivity contribution < 1.29 is 12.8 Å². The topological polar surface area (TPSA) is 77.2 Å². The summed E-state index contributed by atoms with van der Waals surface area (Å²) in [6.07, 6.45) is 1.58. The van der Waals surface area contributed by atoms with Crippen LogP contribution >= 0.6 is 11.3 Å². The third-order valence-electron chi connectivity index (χ3n) is 3.19. The lowest BCUT2D eigenvalue weighted by Crippen LogP contribution is -2.04. The Hall–Kier alpha value is -2.39. The summed E-state index contributed by atoms with van der Waals surface area (Å²) in [4.78, 5) is 4.85. The van der Waals surface area contributed by atoms with Gasteiger partial charge in [-0.25, -0.2) is 17.8 Å². The minimum atomic E-state index is -3.91. The van der Waals surface area contributed by atoms with Gasteiger partial charge in [-0.2, -0.15) is 4.52 Å². The highest BCUT2D eigenvalue weighted by Gasteiger charge is 2.26. The van der Waals surface area contributed by atoms with E-state index in [1.54, 1.807) is 6.20 Å². The van der Waals surface area contributed by atoms with Crippen LogP contribution < -0.4 is 0 Å². The molecule has 9 heteroatoms. The van der Waals surface area contributed by atoms with Gasteiger partial charge in [0.2, 0.25) is 14.9 Å². The monoisotopic (exact) mass is 334 g/mol. The zero-order valence-corrected chi connectivity index (χ0v) is 12.5. The lowest BCUT2D eigenvalue weighted by Gasteiger charge is -2.01. The molecule has 0 aliphatic rings. The van der Waals surface area contributed by atoms with Crippen LogP contribution in [-0.2, 0) is 9.84 Å². The molecule has 0 atom stereocenters. The van der Waals surface area contributed by atoms with E-state index in [2.05, 4.69) is 15.3 Å². The Morgan fingerprint density at radius 2 is 1.91 bits per heavy atom. The number of hydrogen-bond donors (Lipinski definition) is 0. The second-order valence-electron chi connectivity index (χ2n) is 4.53. The molecule has 6 nitrogen and oxygen atoms in total. The molecule has 0 spiro atoms. The van der Waals surface area contributed by atoms with Crippen LogP contribution in [0.15, 0.2) is 51.8 Å². The number of halogens is 1. The summed E-state index contributed by atoms with van der Waals surface area (Å²) in [7, 11) is -3.91. The van der Waals surface area contributed by atoms with Crippen LogP contribution in [0.5, 0.6) is 0 Å². The molecule has 0 fully saturated rings. The Kier molecular flexibility index (Phi) is 2.75. The highest BCUT2D eigenvalue weighted by molar-refractivity contribution is 7.91. The minimum Gasteiger partial charge on any atom is -0.234 e. The van der Waals surface area contributed by atoms with Gasteiger partial charge in [-0.1, -0.05) is 5.21 Å². The van der Waals surface area contributed by atoms with Crippen molar-refractivity contribution in [3.05, 3.63) is 47.7 Å². The van der Waals surface area contributed by atoms with Gasteiger partial charge < -0.3 is 0 Å². The van der Waals surface area contributed by atoms with Crippen molar-refractivity contribution in [3.8, 4) is 0 Å². The predicted molar refractivity (Wildman–Crippen MR) is 78.0 cm³/mol. The zero-order valence-electron chi connectivity index (χ0n) is 10.8. The average Bonchev–Trinajstić information content (AvgIpc) is 3.13. The number of benzene rings is 1. The van der Waals surface area contributed by atoms with Crippen LogP contribution in [0.2, 0.25) is 0 Å². The summed E-state index contributed by atoms with van der Waals surface area (Å²) < 4.78 is 39.6. The molecule has 22 heavy (non-hydrogen) atoms. The SMILES string of the molecule is O=S(=O)(c1ccc(F)cc1)c1nnn2c1ncc1ccsc12. The fourth-order valence-electron chi connectivity index (χ4n) is 2.12. The molecule has 0 saturated carbocycles. The second kappa shape index (κ2) is 4.55. The average molecular weight is 334 g/mol. The van der Waals surface area contributed by atoms with Gasteiger partial charge in [-0.05, 0) is 35.7 Å². The first kappa shape index (κ1) is 13.3. The first-order valence-electron chi connectivity index (χ1n) is 6.16. The minimum absolute atomic E-state index is 0.0515. The lowest BCUT2D eigenvalue weighted by atomic mass is 10.4. The molecule has 0 saturated heterocycles. The fraction of sp³-hybridized carbons (Fsp3) is 0. The Morgan fingerprint density at radius 3 is 2.68 bits per heavy atom. The Bertz CT molecular complexity index is 1100. The van der Waals surface area contributed by atoms with Crippen LogP contribution in [0.3, 0.4) is 0 Å². The van der Waals surface area contributed by atoms with Gasteiger partial charge in [0.1, 0.15) is 10.6 Å². The van der Waals surface area contributed by atoms with Crippen molar-refractivity contribution in [2.24, 2.45) is 0 Å². The van der Waals surface area contributed by atoms with Gasteiger partial charge in [-0.15, -0.1) is 16.4 Å². The van der Waals surface area contributed by atoms with E-state index in [4.69, 9.17) is 0 Å². The molecule has 4 rings (SSSR count). The third-order valence-corrected chi connectivity index (χ3v) is 5.76. The molecule has 1 aromatic carbocycles. The molecule has 0 amide bonds. The number of sulfone groups is 1. The molecule has 0 bridgehead atoms. The molecule has 0 unspecified atom stereocenters. The maximum Gasteiger partial charge on any atom is 0.229 e. The normalized spacial score (nSPS) is 12.2. The molecular weight excluding hydrogens is 327 g/mol. The van der Waals surface area contributed by atoms with Crippen molar-refractivity contribution in [2.45, 2.75) is 9.92 Å². The van der Waals surface area contributed by atoms with E-state index in [1.165, 1.54) is 28.0 Å². The molecule has 0 aliphatic carbocycles. The smallest absolute Gasteiger partial charge is 0.229 e. The Morgan fingerprint density at radius 1 is 1.14 bits per heavy atom. The zero-order chi connectivity index (χ0) is 15.3. The third kappa shape index (κ3) is 1.82. The Balaban J connectivity index is 1.99. The molecule has 0 N–H and O–H groups in total. The van der Waals surface area contributed by atoms with Gasteiger partial charge in [0, 0.05) is 11.6 Å². The standard InChI is InChI=1S/C13H7FN4O2S2/c14-9-1-3-10(4-2-9)22(19,20)12-11-15-7-8-5-6-21-13(8)18(11)17-16-12/h1-7H. The molecule has 0 aliphatic heterocycles. The number of rotatable bonds is 2. The van der Waals surface area contributed by atoms with E-state index in [0.717, 1.165) is 22.3 Å². The van der Waals surface area contributed by atoms with Gasteiger partial charge in [-0.3, -0.25) is 0 Å². The second-order valence-corrected chi connectivity index (χ2v) is 7.29. The molecule has 0 radical (unpaired) electrons. The quantitative estimate of drug-likeness (QED) is 0.526. The maximum absolute atomic E-state index is 13.0. The lowest BCUT2D eigenvalue weighted by molar-refractivity contribution is 0.591. The summed E-state index contributed by atoms with van der Waals surface area (Å²) in [6, 6.07) is 6.42. The van der Waals surface area contributed by atoms with Crippen molar-refractivity contribution in [1.82, 2.24) is 19.8 Å². The first-order valence-corrected chi connectivity index (χ1v) is 8.52. The van der Waals surface area contributed by atoms with Crippen molar-refractivity contribution >= 4 is 37.0 Å².